The van der Waals surface area contributed by atoms with E-state index in [1.165, 1.54) is 24.3 Å². The van der Waals surface area contributed by atoms with E-state index in [2.05, 4.69) is 9.71 Å². The highest BCUT2D eigenvalue weighted by atomic mass is 35.5. The van der Waals surface area contributed by atoms with Gasteiger partial charge in [0.05, 0.1) is 4.90 Å². The average molecular weight is 401 g/mol. The summed E-state index contributed by atoms with van der Waals surface area (Å²) in [6.45, 7) is 1.88. The van der Waals surface area contributed by atoms with E-state index in [0.29, 0.717) is 16.3 Å². The third-order valence-electron chi connectivity index (χ3n) is 3.78. The van der Waals surface area contributed by atoms with Gasteiger partial charge in [-0.3, -0.25) is 0 Å². The maximum absolute atomic E-state index is 12.7. The predicted octanol–water partition coefficient (Wildman–Crippen LogP) is 4.60. The molecule has 0 radical (unpaired) electrons. The van der Waals surface area contributed by atoms with Crippen molar-refractivity contribution in [3.05, 3.63) is 88.9 Å². The predicted molar refractivity (Wildman–Crippen MR) is 108 cm³/mol. The minimum atomic E-state index is -3.92. The molecule has 2 N–H and O–H groups in total. The van der Waals surface area contributed by atoms with Crippen molar-refractivity contribution in [2.45, 2.75) is 11.8 Å². The molecule has 0 aromatic heterocycles. The maximum atomic E-state index is 12.7. The van der Waals surface area contributed by atoms with Crippen molar-refractivity contribution in [3.8, 4) is 5.75 Å². The number of rotatable bonds is 4. The summed E-state index contributed by atoms with van der Waals surface area (Å²) in [5.74, 6) is 0.260. The van der Waals surface area contributed by atoms with Gasteiger partial charge in [0.2, 0.25) is 0 Å². The van der Waals surface area contributed by atoms with Gasteiger partial charge >= 0.3 is 0 Å². The molecule has 0 aliphatic rings. The lowest BCUT2D eigenvalue weighted by Crippen LogP contribution is -2.16. The second-order valence-electron chi connectivity index (χ2n) is 5.91. The molecule has 3 aromatic carbocycles. The number of nitrogens with one attached hydrogen (secondary N) is 1. The molecule has 0 saturated carbocycles. The highest BCUT2D eigenvalue weighted by molar-refractivity contribution is 7.90. The van der Waals surface area contributed by atoms with E-state index in [1.54, 1.807) is 48.5 Å². The molecule has 0 spiro atoms. The summed E-state index contributed by atoms with van der Waals surface area (Å²) >= 11 is 5.93. The van der Waals surface area contributed by atoms with E-state index in [9.17, 15) is 13.5 Å². The number of hydrogen-bond donors (Lipinski definition) is 2. The molecular weight excluding hydrogens is 384 g/mol. The fraction of sp³-hybridized carbons (Fsp3) is 0.0500. The van der Waals surface area contributed by atoms with Gasteiger partial charge in [0.1, 0.15) is 5.75 Å². The quantitative estimate of drug-likeness (QED) is 0.381. The SMILES string of the molecule is Cc1ccc(S(=O)(=O)/N=C(/Nc2ccc(O)cc2)c2ccc(Cl)cc2)cc1. The molecule has 27 heavy (non-hydrogen) atoms. The van der Waals surface area contributed by atoms with Crippen LogP contribution in [0.4, 0.5) is 5.69 Å². The van der Waals surface area contributed by atoms with Gasteiger partial charge in [-0.05, 0) is 67.6 Å². The molecule has 0 fully saturated rings. The highest BCUT2D eigenvalue weighted by Gasteiger charge is 2.16. The largest absolute Gasteiger partial charge is 0.508 e. The Hall–Kier alpha value is -2.83. The third kappa shape index (κ3) is 4.87. The number of phenols is 1. The molecule has 0 heterocycles. The molecule has 3 rings (SSSR count). The Morgan fingerprint density at radius 1 is 0.926 bits per heavy atom. The van der Waals surface area contributed by atoms with E-state index < -0.39 is 10.0 Å². The van der Waals surface area contributed by atoms with Crippen molar-refractivity contribution in [1.82, 2.24) is 0 Å². The van der Waals surface area contributed by atoms with Crippen molar-refractivity contribution >= 4 is 33.1 Å². The van der Waals surface area contributed by atoms with Crippen LogP contribution in [0.5, 0.6) is 5.75 Å². The van der Waals surface area contributed by atoms with Crippen LogP contribution in [0.15, 0.2) is 82.1 Å². The van der Waals surface area contributed by atoms with Gasteiger partial charge in [-0.25, -0.2) is 0 Å². The number of hydrogen-bond acceptors (Lipinski definition) is 3. The van der Waals surface area contributed by atoms with Crippen LogP contribution in [-0.2, 0) is 10.0 Å². The molecule has 0 amide bonds. The highest BCUT2D eigenvalue weighted by Crippen LogP contribution is 2.19. The van der Waals surface area contributed by atoms with Crippen LogP contribution in [-0.4, -0.2) is 19.4 Å². The Morgan fingerprint density at radius 3 is 2.11 bits per heavy atom. The minimum absolute atomic E-state index is 0.104. The molecular formula is C20H17ClN2O3S. The van der Waals surface area contributed by atoms with Gasteiger partial charge in [-0.15, -0.1) is 4.40 Å². The number of benzene rings is 3. The molecule has 5 nitrogen and oxygen atoms in total. The topological polar surface area (TPSA) is 78.8 Å². The number of aryl methyl sites for hydroxylation is 1. The van der Waals surface area contributed by atoms with E-state index in [-0.39, 0.29) is 16.5 Å². The number of halogens is 1. The fourth-order valence-corrected chi connectivity index (χ4v) is 3.42. The van der Waals surface area contributed by atoms with E-state index in [4.69, 9.17) is 11.6 Å². The van der Waals surface area contributed by atoms with Crippen LogP contribution in [0.25, 0.3) is 0 Å². The standard InChI is InChI=1S/C20H17ClN2O3S/c1-14-2-12-19(13-3-14)27(25,26)23-20(15-4-6-16(21)7-5-15)22-17-8-10-18(24)11-9-17/h2-13,24H,1H3,(H,22,23). The van der Waals surface area contributed by atoms with Crippen LogP contribution < -0.4 is 5.32 Å². The second-order valence-corrected chi connectivity index (χ2v) is 7.95. The number of amidine groups is 1. The summed E-state index contributed by atoms with van der Waals surface area (Å²) in [5, 5.41) is 13.0. The molecule has 0 saturated heterocycles. The van der Waals surface area contributed by atoms with Crippen LogP contribution in [0.3, 0.4) is 0 Å². The van der Waals surface area contributed by atoms with Gasteiger partial charge in [-0.2, -0.15) is 8.42 Å². The van der Waals surface area contributed by atoms with Crippen LogP contribution in [0, 0.1) is 6.92 Å². The Bertz CT molecular complexity index is 1060. The van der Waals surface area contributed by atoms with Gasteiger partial charge < -0.3 is 10.4 Å². The maximum Gasteiger partial charge on any atom is 0.284 e. The van der Waals surface area contributed by atoms with Gasteiger partial charge in [-0.1, -0.05) is 29.3 Å². The van der Waals surface area contributed by atoms with E-state index >= 15 is 0 Å². The number of phenolic OH excluding ortho intramolecular Hbond substituents is 1. The van der Waals surface area contributed by atoms with E-state index in [0.717, 1.165) is 5.56 Å². The number of aromatic hydroxyl groups is 1. The van der Waals surface area contributed by atoms with Crippen molar-refractivity contribution in [3.63, 3.8) is 0 Å². The lowest BCUT2D eigenvalue weighted by Gasteiger charge is -2.11. The van der Waals surface area contributed by atoms with Crippen molar-refractivity contribution in [2.24, 2.45) is 4.40 Å². The zero-order valence-corrected chi connectivity index (χ0v) is 16.0. The Morgan fingerprint density at radius 2 is 1.52 bits per heavy atom. The molecule has 7 heteroatoms. The van der Waals surface area contributed by atoms with Gasteiger partial charge in [0.25, 0.3) is 10.0 Å². The van der Waals surface area contributed by atoms with E-state index in [1.807, 2.05) is 6.92 Å². The molecule has 0 bridgehead atoms. The van der Waals surface area contributed by atoms with Crippen molar-refractivity contribution < 1.29 is 13.5 Å². The first-order valence-corrected chi connectivity index (χ1v) is 9.89. The third-order valence-corrected chi connectivity index (χ3v) is 5.32. The summed E-state index contributed by atoms with van der Waals surface area (Å²) < 4.78 is 29.5. The zero-order valence-electron chi connectivity index (χ0n) is 14.4. The molecule has 0 aliphatic heterocycles. The lowest BCUT2D eigenvalue weighted by atomic mass is 10.2. The molecule has 3 aromatic rings. The van der Waals surface area contributed by atoms with Crippen LogP contribution in [0.2, 0.25) is 5.02 Å². The average Bonchev–Trinajstić information content (AvgIpc) is 2.64. The number of anilines is 1. The Balaban J connectivity index is 2.04. The lowest BCUT2D eigenvalue weighted by molar-refractivity contribution is 0.475. The summed E-state index contributed by atoms with van der Waals surface area (Å²) in [4.78, 5) is 0.104. The summed E-state index contributed by atoms with van der Waals surface area (Å²) in [7, 11) is -3.92. The smallest absolute Gasteiger partial charge is 0.284 e. The molecule has 0 atom stereocenters. The monoisotopic (exact) mass is 400 g/mol. The number of nitrogens with zero attached hydrogens (tertiary/aromatic N) is 1. The summed E-state index contributed by atoms with van der Waals surface area (Å²) in [6.07, 6.45) is 0. The fourth-order valence-electron chi connectivity index (χ4n) is 2.32. The zero-order chi connectivity index (χ0) is 19.4. The molecule has 138 valence electrons. The van der Waals surface area contributed by atoms with Crippen molar-refractivity contribution in [1.29, 1.82) is 0 Å². The summed E-state index contributed by atoms with van der Waals surface area (Å²) in [6, 6.07) is 19.4. The summed E-state index contributed by atoms with van der Waals surface area (Å²) in [5.41, 5.74) is 2.10. The van der Waals surface area contributed by atoms with Crippen molar-refractivity contribution in [2.75, 3.05) is 5.32 Å². The first-order valence-electron chi connectivity index (χ1n) is 8.07. The Kier molecular flexibility index (Phi) is 5.48. The Labute approximate surface area is 163 Å². The van der Waals surface area contributed by atoms with Crippen LogP contribution in [0.1, 0.15) is 11.1 Å². The normalized spacial score (nSPS) is 12.0. The molecule has 0 unspecified atom stereocenters. The second kappa shape index (κ2) is 7.82. The molecule has 0 aliphatic carbocycles. The van der Waals surface area contributed by atoms with Gasteiger partial charge in [0, 0.05) is 16.3 Å². The van der Waals surface area contributed by atoms with Gasteiger partial charge in [0.15, 0.2) is 5.84 Å². The first-order chi connectivity index (χ1) is 12.8. The van der Waals surface area contributed by atoms with Crippen LogP contribution >= 0.6 is 11.6 Å². The first kappa shape index (κ1) is 18.9. The number of sulfonamides is 1. The minimum Gasteiger partial charge on any atom is -0.508 e.